The monoisotopic (exact) mass is 361 g/mol. The zero-order valence-electron chi connectivity index (χ0n) is 15.4. The fourth-order valence-corrected chi connectivity index (χ4v) is 6.42. The molecule has 0 aliphatic heterocycles. The molecule has 0 N–H and O–H groups in total. The van der Waals surface area contributed by atoms with E-state index in [2.05, 4.69) is 0 Å². The number of hydrogen-bond acceptors (Lipinski definition) is 1. The average Bonchev–Trinajstić information content (AvgIpc) is 2.51. The van der Waals surface area contributed by atoms with Gasteiger partial charge in [0.2, 0.25) is 0 Å². The largest absolute Gasteiger partial charge is 0.234 e. The highest BCUT2D eigenvalue weighted by atomic mass is 32.2. The molecule has 0 saturated heterocycles. The molecule has 4 bridgehead atoms. The molecule has 0 radical (unpaired) electrons. The quantitative estimate of drug-likeness (QED) is 0.672. The van der Waals surface area contributed by atoms with Crippen LogP contribution in [0.4, 0.5) is 4.39 Å². The second kappa shape index (κ2) is 6.00. The summed E-state index contributed by atoms with van der Waals surface area (Å²) in [4.78, 5) is 0. The van der Waals surface area contributed by atoms with Gasteiger partial charge in [0.1, 0.15) is 16.8 Å². The molecule has 4 heteroatoms. The van der Waals surface area contributed by atoms with Crippen LogP contribution in [0, 0.1) is 29.0 Å². The lowest BCUT2D eigenvalue weighted by Gasteiger charge is -2.57. The molecule has 1 aromatic carbocycles. The van der Waals surface area contributed by atoms with E-state index in [4.69, 9.17) is 4.40 Å². The molecule has 0 aromatic heterocycles. The van der Waals surface area contributed by atoms with Gasteiger partial charge in [-0.15, -0.1) is 0 Å². The minimum atomic E-state index is -1.29. The highest BCUT2D eigenvalue weighted by Gasteiger charge is 2.53. The first kappa shape index (κ1) is 17.4. The summed E-state index contributed by atoms with van der Waals surface area (Å²) in [6, 6.07) is 6.66. The lowest BCUT2D eigenvalue weighted by atomic mass is 9.48. The van der Waals surface area contributed by atoms with Crippen molar-refractivity contribution in [3.05, 3.63) is 35.6 Å². The Morgan fingerprint density at radius 2 is 1.52 bits per heavy atom. The summed E-state index contributed by atoms with van der Waals surface area (Å²) in [6.45, 7) is 5.90. The zero-order chi connectivity index (χ0) is 17.8. The number of nitrogens with zero attached hydrogens (tertiary/aromatic N) is 1. The van der Waals surface area contributed by atoms with Crippen molar-refractivity contribution in [2.24, 2.45) is 27.6 Å². The maximum absolute atomic E-state index is 13.5. The fourth-order valence-electron chi connectivity index (χ4n) is 5.68. The van der Waals surface area contributed by atoms with Crippen molar-refractivity contribution >= 4 is 16.7 Å². The van der Waals surface area contributed by atoms with Crippen molar-refractivity contribution in [2.45, 2.75) is 64.0 Å². The van der Waals surface area contributed by atoms with Crippen LogP contribution in [0.3, 0.4) is 0 Å². The van der Waals surface area contributed by atoms with Gasteiger partial charge in [-0.3, -0.25) is 0 Å². The van der Waals surface area contributed by atoms with Crippen molar-refractivity contribution < 1.29 is 8.60 Å². The minimum Gasteiger partial charge on any atom is -0.234 e. The van der Waals surface area contributed by atoms with Crippen molar-refractivity contribution in [2.75, 3.05) is 0 Å². The third kappa shape index (κ3) is 3.22. The number of rotatable bonds is 3. The molecule has 1 aromatic rings. The predicted molar refractivity (Wildman–Crippen MR) is 101 cm³/mol. The number of hydrogen-bond donors (Lipinski definition) is 0. The smallest absolute Gasteiger partial charge is 0.145 e. The first-order valence-corrected chi connectivity index (χ1v) is 10.6. The molecule has 4 aliphatic carbocycles. The summed E-state index contributed by atoms with van der Waals surface area (Å²) in [5.41, 5.74) is 1.99. The van der Waals surface area contributed by atoms with E-state index >= 15 is 0 Å². The van der Waals surface area contributed by atoms with Crippen LogP contribution in [0.25, 0.3) is 0 Å². The molecule has 2 nitrogen and oxygen atoms in total. The van der Waals surface area contributed by atoms with Crippen LogP contribution in [0.5, 0.6) is 0 Å². The molecule has 0 heterocycles. The van der Waals surface area contributed by atoms with Gasteiger partial charge in [-0.05, 0) is 94.7 Å². The molecule has 4 fully saturated rings. The van der Waals surface area contributed by atoms with Crippen LogP contribution < -0.4 is 0 Å². The van der Waals surface area contributed by atoms with Crippen LogP contribution in [0.2, 0.25) is 0 Å². The molecular weight excluding hydrogens is 333 g/mol. The Bertz CT molecular complexity index is 681. The van der Waals surface area contributed by atoms with E-state index in [-0.39, 0.29) is 16.0 Å². The Balaban J connectivity index is 1.79. The Hall–Kier alpha value is -1.03. The SMILES string of the molecule is CC(C)(C)[S@](=O)N=C(c1ccc(F)cc1)C12CC3CC(CC(C3)C1)C2. The molecule has 1 atom stereocenters. The van der Waals surface area contributed by atoms with Crippen LogP contribution in [-0.2, 0) is 11.0 Å². The first-order chi connectivity index (χ1) is 11.7. The van der Waals surface area contributed by atoms with Crippen molar-refractivity contribution in [1.82, 2.24) is 0 Å². The molecule has 136 valence electrons. The van der Waals surface area contributed by atoms with E-state index in [1.54, 1.807) is 0 Å². The molecular formula is C21H28FNOS. The van der Waals surface area contributed by atoms with Gasteiger partial charge in [0.25, 0.3) is 0 Å². The van der Waals surface area contributed by atoms with E-state index in [1.807, 2.05) is 32.9 Å². The summed E-state index contributed by atoms with van der Waals surface area (Å²) >= 11 is 0. The standard InChI is InChI=1S/C21H28FNOS/c1-20(2,3)25(24)23-19(17-4-6-18(22)7-5-17)21-11-14-8-15(12-21)10-16(9-14)13-21/h4-7,14-16H,8-13H2,1-3H3/t14?,15?,16?,21?,25-/m0/s1. The molecule has 0 unspecified atom stereocenters. The average molecular weight is 362 g/mol. The normalized spacial score (nSPS) is 35.8. The van der Waals surface area contributed by atoms with Crippen LogP contribution in [-0.4, -0.2) is 14.7 Å². The van der Waals surface area contributed by atoms with E-state index in [0.29, 0.717) is 0 Å². The van der Waals surface area contributed by atoms with Gasteiger partial charge in [-0.1, -0.05) is 12.1 Å². The van der Waals surface area contributed by atoms with Gasteiger partial charge in [0, 0.05) is 5.41 Å². The first-order valence-electron chi connectivity index (χ1n) is 9.52. The van der Waals surface area contributed by atoms with Crippen molar-refractivity contribution in [3.63, 3.8) is 0 Å². The summed E-state index contributed by atoms with van der Waals surface area (Å²) in [5, 5.41) is 0. The predicted octanol–water partition coefficient (Wildman–Crippen LogP) is 5.29. The summed E-state index contributed by atoms with van der Waals surface area (Å²) in [7, 11) is -1.29. The molecule has 25 heavy (non-hydrogen) atoms. The molecule has 0 amide bonds. The van der Waals surface area contributed by atoms with Crippen LogP contribution in [0.15, 0.2) is 28.7 Å². The summed E-state index contributed by atoms with van der Waals surface area (Å²) in [5.74, 6) is 2.14. The second-order valence-corrected chi connectivity index (χ2v) is 11.4. The molecule has 0 spiro atoms. The fraction of sp³-hybridized carbons (Fsp3) is 0.667. The van der Waals surface area contributed by atoms with Gasteiger partial charge in [0.15, 0.2) is 0 Å². The minimum absolute atomic E-state index is 0.0491. The Morgan fingerprint density at radius 3 is 1.96 bits per heavy atom. The zero-order valence-corrected chi connectivity index (χ0v) is 16.2. The molecule has 5 rings (SSSR count). The highest BCUT2D eigenvalue weighted by Crippen LogP contribution is 2.61. The highest BCUT2D eigenvalue weighted by molar-refractivity contribution is 7.85. The second-order valence-electron chi connectivity index (χ2n) is 9.51. The van der Waals surface area contributed by atoms with Crippen LogP contribution >= 0.6 is 0 Å². The Morgan fingerprint density at radius 1 is 1.04 bits per heavy atom. The van der Waals surface area contributed by atoms with Crippen molar-refractivity contribution in [1.29, 1.82) is 0 Å². The van der Waals surface area contributed by atoms with Gasteiger partial charge in [0.05, 0.1) is 10.5 Å². The topological polar surface area (TPSA) is 29.4 Å². The maximum atomic E-state index is 13.5. The van der Waals surface area contributed by atoms with Crippen LogP contribution in [0.1, 0.15) is 64.9 Å². The van der Waals surface area contributed by atoms with Gasteiger partial charge in [-0.25, -0.2) is 8.60 Å². The summed E-state index contributed by atoms with van der Waals surface area (Å²) < 4.78 is 30.7. The molecule has 4 saturated carbocycles. The lowest BCUT2D eigenvalue weighted by Crippen LogP contribution is -2.50. The van der Waals surface area contributed by atoms with E-state index in [0.717, 1.165) is 48.3 Å². The van der Waals surface area contributed by atoms with Gasteiger partial charge >= 0.3 is 0 Å². The van der Waals surface area contributed by atoms with E-state index in [1.165, 1.54) is 31.4 Å². The summed E-state index contributed by atoms with van der Waals surface area (Å²) in [6.07, 6.45) is 7.57. The van der Waals surface area contributed by atoms with E-state index in [9.17, 15) is 8.60 Å². The lowest BCUT2D eigenvalue weighted by molar-refractivity contribution is -0.0118. The Labute approximate surface area is 152 Å². The Kier molecular flexibility index (Phi) is 4.18. The molecule has 4 aliphatic rings. The maximum Gasteiger partial charge on any atom is 0.145 e. The third-order valence-corrected chi connectivity index (χ3v) is 7.75. The van der Waals surface area contributed by atoms with Gasteiger partial charge in [-0.2, -0.15) is 4.40 Å². The number of halogens is 1. The van der Waals surface area contributed by atoms with Gasteiger partial charge < -0.3 is 0 Å². The van der Waals surface area contributed by atoms with E-state index < -0.39 is 11.0 Å². The third-order valence-electron chi connectivity index (χ3n) is 6.36. The number of benzene rings is 1. The van der Waals surface area contributed by atoms with Crippen molar-refractivity contribution in [3.8, 4) is 0 Å².